The molecule has 2 aromatic rings. The molecule has 0 aliphatic carbocycles. The summed E-state index contributed by atoms with van der Waals surface area (Å²) in [6.07, 6.45) is 5.92. The summed E-state index contributed by atoms with van der Waals surface area (Å²) < 4.78 is 11.1. The molecule has 1 amide bonds. The number of nitrogens with zero attached hydrogens (tertiary/aromatic N) is 1. The highest BCUT2D eigenvalue weighted by Crippen LogP contribution is 2.31. The number of likely N-dealkylation sites (tertiary alicyclic amines) is 1. The Morgan fingerprint density at radius 1 is 1.00 bits per heavy atom. The van der Waals surface area contributed by atoms with Crippen LogP contribution < -0.4 is 14.8 Å². The summed E-state index contributed by atoms with van der Waals surface area (Å²) in [5.41, 5.74) is 3.38. The number of carbonyl (C=O) groups is 1. The highest BCUT2D eigenvalue weighted by molar-refractivity contribution is 5.91. The fourth-order valence-corrected chi connectivity index (χ4v) is 3.64. The second-order valence-corrected chi connectivity index (χ2v) is 7.21. The number of amides is 1. The van der Waals surface area contributed by atoms with Gasteiger partial charge < -0.3 is 14.8 Å². The van der Waals surface area contributed by atoms with E-state index in [9.17, 15) is 4.79 Å². The molecule has 4 rings (SSSR count). The Labute approximate surface area is 165 Å². The van der Waals surface area contributed by atoms with E-state index in [0.717, 1.165) is 23.6 Å². The number of hydrogen-bond donors (Lipinski definition) is 1. The van der Waals surface area contributed by atoms with E-state index in [2.05, 4.69) is 28.4 Å². The summed E-state index contributed by atoms with van der Waals surface area (Å²) in [6.45, 7) is 4.95. The lowest BCUT2D eigenvalue weighted by Crippen LogP contribution is -2.23. The molecule has 1 N–H and O–H groups in total. The van der Waals surface area contributed by atoms with Crippen molar-refractivity contribution in [2.75, 3.05) is 26.3 Å². The van der Waals surface area contributed by atoms with Gasteiger partial charge in [0.2, 0.25) is 5.91 Å². The van der Waals surface area contributed by atoms with Crippen LogP contribution in [-0.2, 0) is 17.9 Å². The average Bonchev–Trinajstić information content (AvgIpc) is 3.24. The number of nitrogens with one attached hydrogen (secondary N) is 1. The van der Waals surface area contributed by atoms with Gasteiger partial charge in [-0.15, -0.1) is 0 Å². The fraction of sp³-hybridized carbons (Fsp3) is 0.348. The zero-order valence-corrected chi connectivity index (χ0v) is 16.0. The van der Waals surface area contributed by atoms with Crippen LogP contribution in [0.5, 0.6) is 11.5 Å². The van der Waals surface area contributed by atoms with Crippen LogP contribution in [-0.4, -0.2) is 37.1 Å². The summed E-state index contributed by atoms with van der Waals surface area (Å²) in [5, 5.41) is 3.00. The zero-order chi connectivity index (χ0) is 19.2. The molecular formula is C23H26N2O3. The van der Waals surface area contributed by atoms with E-state index in [0.29, 0.717) is 19.8 Å². The van der Waals surface area contributed by atoms with Crippen LogP contribution >= 0.6 is 0 Å². The molecule has 2 aromatic carbocycles. The van der Waals surface area contributed by atoms with Crippen LogP contribution in [0.3, 0.4) is 0 Å². The van der Waals surface area contributed by atoms with Crippen LogP contribution in [0.1, 0.15) is 29.5 Å². The highest BCUT2D eigenvalue weighted by Gasteiger charge is 2.14. The van der Waals surface area contributed by atoms with E-state index in [1.165, 1.54) is 37.1 Å². The van der Waals surface area contributed by atoms with Crippen molar-refractivity contribution >= 4 is 12.0 Å². The number of hydrogen-bond acceptors (Lipinski definition) is 4. The number of fused-ring (bicyclic) bond motifs is 1. The third kappa shape index (κ3) is 4.73. The zero-order valence-electron chi connectivity index (χ0n) is 16.0. The Hall–Kier alpha value is -2.79. The van der Waals surface area contributed by atoms with E-state index >= 15 is 0 Å². The van der Waals surface area contributed by atoms with E-state index in [-0.39, 0.29) is 5.91 Å². The van der Waals surface area contributed by atoms with Crippen LogP contribution in [0, 0.1) is 0 Å². The Morgan fingerprint density at radius 3 is 2.57 bits per heavy atom. The minimum absolute atomic E-state index is 0.106. The first-order valence-electron chi connectivity index (χ1n) is 9.93. The van der Waals surface area contributed by atoms with Gasteiger partial charge in [-0.1, -0.05) is 30.3 Å². The van der Waals surface area contributed by atoms with E-state index < -0.39 is 0 Å². The molecule has 0 aromatic heterocycles. The van der Waals surface area contributed by atoms with Crippen LogP contribution in [0.15, 0.2) is 48.5 Å². The standard InChI is InChI=1S/C23H26N2O3/c26-23(10-8-18-7-9-21-22(15-18)28-14-13-27-21)24-16-19-5-1-2-6-20(19)17-25-11-3-4-12-25/h1-2,5-10,15H,3-4,11-14,16-17H2,(H,24,26)/b10-8+. The summed E-state index contributed by atoms with van der Waals surface area (Å²) in [6, 6.07) is 14.0. The van der Waals surface area contributed by atoms with Gasteiger partial charge in [0.05, 0.1) is 0 Å². The first kappa shape index (κ1) is 18.6. The van der Waals surface area contributed by atoms with Crippen molar-refractivity contribution in [2.24, 2.45) is 0 Å². The Kier molecular flexibility index (Phi) is 5.92. The average molecular weight is 378 g/mol. The quantitative estimate of drug-likeness (QED) is 0.783. The lowest BCUT2D eigenvalue weighted by Gasteiger charge is -2.18. The Morgan fingerprint density at radius 2 is 1.75 bits per heavy atom. The molecule has 2 heterocycles. The smallest absolute Gasteiger partial charge is 0.244 e. The maximum Gasteiger partial charge on any atom is 0.244 e. The predicted molar refractivity (Wildman–Crippen MR) is 109 cm³/mol. The third-order valence-electron chi connectivity index (χ3n) is 5.16. The molecule has 0 radical (unpaired) electrons. The molecule has 1 fully saturated rings. The molecule has 28 heavy (non-hydrogen) atoms. The monoisotopic (exact) mass is 378 g/mol. The number of benzene rings is 2. The van der Waals surface area contributed by atoms with Gasteiger partial charge >= 0.3 is 0 Å². The maximum absolute atomic E-state index is 12.3. The van der Waals surface area contributed by atoms with Crippen LogP contribution in [0.2, 0.25) is 0 Å². The highest BCUT2D eigenvalue weighted by atomic mass is 16.6. The molecule has 146 valence electrons. The van der Waals surface area contributed by atoms with Crippen molar-refractivity contribution in [3.05, 3.63) is 65.2 Å². The fourth-order valence-electron chi connectivity index (χ4n) is 3.64. The van der Waals surface area contributed by atoms with Crippen molar-refractivity contribution in [1.29, 1.82) is 0 Å². The first-order valence-corrected chi connectivity index (χ1v) is 9.93. The third-order valence-corrected chi connectivity index (χ3v) is 5.16. The molecule has 0 saturated carbocycles. The molecular weight excluding hydrogens is 352 g/mol. The van der Waals surface area contributed by atoms with Gasteiger partial charge in [0.1, 0.15) is 13.2 Å². The molecule has 2 aliphatic heterocycles. The molecule has 0 bridgehead atoms. The lowest BCUT2D eigenvalue weighted by molar-refractivity contribution is -0.116. The van der Waals surface area contributed by atoms with Gasteiger partial charge in [0.25, 0.3) is 0 Å². The van der Waals surface area contributed by atoms with Gasteiger partial charge in [-0.05, 0) is 60.8 Å². The van der Waals surface area contributed by atoms with Crippen molar-refractivity contribution in [1.82, 2.24) is 10.2 Å². The molecule has 2 aliphatic rings. The topological polar surface area (TPSA) is 50.8 Å². The Balaban J connectivity index is 1.34. The molecule has 1 saturated heterocycles. The predicted octanol–water partition coefficient (Wildman–Crippen LogP) is 3.38. The van der Waals surface area contributed by atoms with Gasteiger partial charge in [0, 0.05) is 19.2 Å². The van der Waals surface area contributed by atoms with Gasteiger partial charge in [-0.2, -0.15) is 0 Å². The van der Waals surface area contributed by atoms with E-state index in [4.69, 9.17) is 9.47 Å². The number of carbonyl (C=O) groups excluding carboxylic acids is 1. The minimum Gasteiger partial charge on any atom is -0.486 e. The molecule has 5 nitrogen and oxygen atoms in total. The SMILES string of the molecule is O=C(/C=C/c1ccc2c(c1)OCCO2)NCc1ccccc1CN1CCCC1. The van der Waals surface area contributed by atoms with Crippen LogP contribution in [0.25, 0.3) is 6.08 Å². The van der Waals surface area contributed by atoms with Gasteiger partial charge in [-0.25, -0.2) is 0 Å². The largest absolute Gasteiger partial charge is 0.486 e. The van der Waals surface area contributed by atoms with Crippen molar-refractivity contribution in [3.8, 4) is 11.5 Å². The van der Waals surface area contributed by atoms with Gasteiger partial charge in [0.15, 0.2) is 11.5 Å². The molecule has 0 atom stereocenters. The summed E-state index contributed by atoms with van der Waals surface area (Å²) in [7, 11) is 0. The van der Waals surface area contributed by atoms with Crippen molar-refractivity contribution in [2.45, 2.75) is 25.9 Å². The minimum atomic E-state index is -0.106. The molecule has 0 unspecified atom stereocenters. The number of rotatable bonds is 6. The molecule has 5 heteroatoms. The molecule has 0 spiro atoms. The van der Waals surface area contributed by atoms with Crippen molar-refractivity contribution < 1.29 is 14.3 Å². The lowest BCUT2D eigenvalue weighted by atomic mass is 10.1. The van der Waals surface area contributed by atoms with Crippen molar-refractivity contribution in [3.63, 3.8) is 0 Å². The maximum atomic E-state index is 12.3. The van der Waals surface area contributed by atoms with Gasteiger partial charge in [-0.3, -0.25) is 9.69 Å². The second-order valence-electron chi connectivity index (χ2n) is 7.21. The summed E-state index contributed by atoms with van der Waals surface area (Å²) >= 11 is 0. The van der Waals surface area contributed by atoms with E-state index in [1.807, 2.05) is 24.3 Å². The van der Waals surface area contributed by atoms with E-state index in [1.54, 1.807) is 12.2 Å². The Bertz CT molecular complexity index is 857. The second kappa shape index (κ2) is 8.93. The summed E-state index contributed by atoms with van der Waals surface area (Å²) in [5.74, 6) is 1.37. The normalized spacial score (nSPS) is 16.4. The summed E-state index contributed by atoms with van der Waals surface area (Å²) in [4.78, 5) is 14.7. The van der Waals surface area contributed by atoms with Crippen LogP contribution in [0.4, 0.5) is 0 Å². The first-order chi connectivity index (χ1) is 13.8. The number of ether oxygens (including phenoxy) is 2.